The van der Waals surface area contributed by atoms with E-state index in [0.717, 1.165) is 0 Å². The maximum absolute atomic E-state index is 12.9. The Hall–Kier alpha value is -2.82. The highest BCUT2D eigenvalue weighted by atomic mass is 32.2. The molecular weight excluding hydrogens is 386 g/mol. The largest absolute Gasteiger partial charge is 0.459 e. The monoisotopic (exact) mass is 403 g/mol. The molecule has 3 aliphatic rings. The van der Waals surface area contributed by atoms with Crippen molar-refractivity contribution in [1.29, 1.82) is 0 Å². The predicted molar refractivity (Wildman–Crippen MR) is 99.7 cm³/mol. The molecule has 0 spiro atoms. The van der Waals surface area contributed by atoms with Crippen molar-refractivity contribution in [1.82, 2.24) is 4.90 Å². The van der Waals surface area contributed by atoms with Crippen LogP contribution in [-0.4, -0.2) is 50.4 Å². The number of rotatable bonds is 6. The lowest BCUT2D eigenvalue weighted by Gasteiger charge is -2.38. The number of thioether (sulfide) groups is 1. The summed E-state index contributed by atoms with van der Waals surface area (Å²) in [6, 6.07) is 5.07. The fraction of sp³-hybridized carbons (Fsp3) is 0.471. The number of ether oxygens (including phenoxy) is 1. The third-order valence-electron chi connectivity index (χ3n) is 5.04. The molecule has 28 heavy (non-hydrogen) atoms. The first-order chi connectivity index (χ1) is 13.4. The number of fused-ring (bicyclic) bond motifs is 1. The average molecular weight is 403 g/mol. The van der Waals surface area contributed by atoms with Crippen LogP contribution >= 0.6 is 11.8 Å². The van der Waals surface area contributed by atoms with Gasteiger partial charge in [0.15, 0.2) is 6.17 Å². The molecule has 10 nitrogen and oxygen atoms in total. The molecule has 0 aliphatic carbocycles. The van der Waals surface area contributed by atoms with E-state index < -0.39 is 21.7 Å². The van der Waals surface area contributed by atoms with Gasteiger partial charge in [0.2, 0.25) is 5.91 Å². The molecular formula is C17H17N5O5S. The van der Waals surface area contributed by atoms with Crippen LogP contribution in [0, 0.1) is 10.1 Å². The van der Waals surface area contributed by atoms with E-state index in [1.54, 1.807) is 28.8 Å². The summed E-state index contributed by atoms with van der Waals surface area (Å²) in [5.41, 5.74) is 0.599. The summed E-state index contributed by atoms with van der Waals surface area (Å²) in [5.74, 6) is -0.571. The Labute approximate surface area is 164 Å². The van der Waals surface area contributed by atoms with Gasteiger partial charge in [-0.2, -0.15) is 5.11 Å². The van der Waals surface area contributed by atoms with Crippen molar-refractivity contribution < 1.29 is 19.2 Å². The fourth-order valence-electron chi connectivity index (χ4n) is 3.65. The summed E-state index contributed by atoms with van der Waals surface area (Å²) in [6.45, 7) is 1.90. The third kappa shape index (κ3) is 3.26. The number of amides is 1. The van der Waals surface area contributed by atoms with E-state index in [1.165, 1.54) is 18.5 Å². The lowest BCUT2D eigenvalue weighted by atomic mass is 9.92. The van der Waals surface area contributed by atoms with Crippen LogP contribution in [0.5, 0.6) is 0 Å². The Morgan fingerprint density at radius 1 is 1.43 bits per heavy atom. The molecule has 11 heteroatoms. The zero-order valence-electron chi connectivity index (χ0n) is 14.9. The molecule has 1 aromatic carbocycles. The van der Waals surface area contributed by atoms with Gasteiger partial charge in [-0.15, -0.1) is 16.9 Å². The maximum Gasteiger partial charge on any atom is 0.330 e. The fourth-order valence-corrected chi connectivity index (χ4v) is 5.43. The first-order valence-electron chi connectivity index (χ1n) is 8.68. The number of carbonyl (C=O) groups excluding carboxylic acids is 2. The van der Waals surface area contributed by atoms with Gasteiger partial charge in [-0.05, 0) is 24.6 Å². The number of non-ortho nitro benzene ring substituents is 1. The van der Waals surface area contributed by atoms with Crippen molar-refractivity contribution in [3.63, 3.8) is 0 Å². The van der Waals surface area contributed by atoms with Crippen molar-refractivity contribution in [3.8, 4) is 0 Å². The number of nitrogens with zero attached hydrogens (tertiary/aromatic N) is 5. The number of azo groups is 1. The molecule has 1 amide bonds. The maximum atomic E-state index is 12.9. The minimum atomic E-state index is -0.729. The molecule has 4 rings (SSSR count). The smallest absolute Gasteiger partial charge is 0.330 e. The van der Waals surface area contributed by atoms with Crippen LogP contribution in [0.15, 0.2) is 39.5 Å². The minimum Gasteiger partial charge on any atom is -0.459 e. The lowest BCUT2D eigenvalue weighted by Crippen LogP contribution is -2.58. The Balaban J connectivity index is 1.46. The van der Waals surface area contributed by atoms with Crippen LogP contribution in [0.4, 0.5) is 5.69 Å². The molecule has 0 radical (unpaired) electrons. The van der Waals surface area contributed by atoms with Gasteiger partial charge in [0.1, 0.15) is 19.0 Å². The number of aliphatic imine (C=N–C) groups is 1. The molecule has 2 saturated heterocycles. The van der Waals surface area contributed by atoms with Crippen molar-refractivity contribution in [2.75, 3.05) is 0 Å². The second-order valence-corrected chi connectivity index (χ2v) is 8.72. The summed E-state index contributed by atoms with van der Waals surface area (Å²) >= 11 is 1.57. The number of hydrogen-bond donors (Lipinski definition) is 0. The van der Waals surface area contributed by atoms with Gasteiger partial charge in [-0.1, -0.05) is 0 Å². The number of carbonyl (C=O) groups is 2. The summed E-state index contributed by atoms with van der Waals surface area (Å²) in [6.07, 6.45) is 1.89. The Morgan fingerprint density at radius 2 is 2.18 bits per heavy atom. The molecule has 4 atom stereocenters. The summed E-state index contributed by atoms with van der Waals surface area (Å²) in [7, 11) is 0. The molecule has 146 valence electrons. The van der Waals surface area contributed by atoms with Crippen molar-refractivity contribution in [2.45, 2.75) is 48.7 Å². The lowest BCUT2D eigenvalue weighted by molar-refractivity contribution is -0.384. The van der Waals surface area contributed by atoms with Gasteiger partial charge in [-0.25, -0.2) is 9.79 Å². The van der Waals surface area contributed by atoms with E-state index in [4.69, 9.17) is 4.74 Å². The van der Waals surface area contributed by atoms with Crippen LogP contribution in [0.2, 0.25) is 0 Å². The highest BCUT2D eigenvalue weighted by molar-refractivity contribution is 8.01. The van der Waals surface area contributed by atoms with E-state index in [9.17, 15) is 19.7 Å². The second-order valence-electron chi connectivity index (χ2n) is 7.00. The van der Waals surface area contributed by atoms with Crippen LogP contribution in [-0.2, 0) is 20.9 Å². The molecule has 0 bridgehead atoms. The number of hydrogen-bond acceptors (Lipinski definition) is 9. The van der Waals surface area contributed by atoms with Crippen molar-refractivity contribution in [3.05, 3.63) is 39.9 Å². The number of benzene rings is 1. The first kappa shape index (κ1) is 18.5. The van der Waals surface area contributed by atoms with E-state index >= 15 is 0 Å². The zero-order valence-corrected chi connectivity index (χ0v) is 15.7. The second kappa shape index (κ2) is 6.97. The molecule has 1 aromatic rings. The van der Waals surface area contributed by atoms with Crippen LogP contribution in [0.3, 0.4) is 0 Å². The standard InChI is InChI=1S/C17H17N5O5S/c1-17(7-12-18-9-19-20-12)15(21-13(23)6-14(21)28-17)16(24)27-8-10-2-4-11(5-3-10)22(25)26/h2-5,9,12,14-15H,6-8H2,1H3/t12?,14-,15-,17-/m0/s1. The first-order valence-corrected chi connectivity index (χ1v) is 9.56. The summed E-state index contributed by atoms with van der Waals surface area (Å²) < 4.78 is 4.88. The number of nitro groups is 1. The molecule has 2 fully saturated rings. The molecule has 0 N–H and O–H groups in total. The van der Waals surface area contributed by atoms with E-state index in [2.05, 4.69) is 15.2 Å². The highest BCUT2D eigenvalue weighted by Gasteiger charge is 2.61. The molecule has 3 heterocycles. The van der Waals surface area contributed by atoms with Gasteiger partial charge in [0.05, 0.1) is 21.5 Å². The molecule has 1 unspecified atom stereocenters. The van der Waals surface area contributed by atoms with Gasteiger partial charge >= 0.3 is 5.97 Å². The Bertz CT molecular complexity index is 876. The number of esters is 1. The van der Waals surface area contributed by atoms with Gasteiger partial charge < -0.3 is 9.64 Å². The average Bonchev–Trinajstić information content (AvgIpc) is 3.24. The molecule has 0 aromatic heterocycles. The topological polar surface area (TPSA) is 127 Å². The number of nitro benzene ring substituents is 1. The number of β-lactam (4-membered cyclic amide) rings is 1. The third-order valence-corrected chi connectivity index (χ3v) is 6.63. The normalized spacial score (nSPS) is 30.2. The van der Waals surface area contributed by atoms with Crippen molar-refractivity contribution >= 4 is 35.7 Å². The minimum absolute atomic E-state index is 0.0257. The highest BCUT2D eigenvalue weighted by Crippen LogP contribution is 2.53. The summed E-state index contributed by atoms with van der Waals surface area (Å²) in [4.78, 5) is 41.0. The zero-order chi connectivity index (χ0) is 19.9. The van der Waals surface area contributed by atoms with Crippen LogP contribution in [0.1, 0.15) is 25.3 Å². The van der Waals surface area contributed by atoms with Gasteiger partial charge in [0.25, 0.3) is 5.69 Å². The van der Waals surface area contributed by atoms with Gasteiger partial charge in [0, 0.05) is 18.6 Å². The van der Waals surface area contributed by atoms with E-state index in [0.29, 0.717) is 18.4 Å². The summed E-state index contributed by atoms with van der Waals surface area (Å²) in [5, 5.41) is 18.5. The van der Waals surface area contributed by atoms with Crippen molar-refractivity contribution in [2.24, 2.45) is 15.2 Å². The van der Waals surface area contributed by atoms with E-state index in [1.807, 2.05) is 6.92 Å². The predicted octanol–water partition coefficient (Wildman–Crippen LogP) is 2.28. The van der Waals surface area contributed by atoms with E-state index in [-0.39, 0.29) is 29.7 Å². The Morgan fingerprint density at radius 3 is 2.79 bits per heavy atom. The van der Waals surface area contributed by atoms with Crippen LogP contribution < -0.4 is 0 Å². The van der Waals surface area contributed by atoms with Crippen LogP contribution in [0.25, 0.3) is 0 Å². The Kier molecular flexibility index (Phi) is 4.61. The SMILES string of the molecule is C[C@@]1(CC2N=CN=N2)S[C@H]2CC(=O)N2[C@H]1C(=O)OCc1ccc([N+](=O)[O-])cc1. The van der Waals surface area contributed by atoms with Gasteiger partial charge in [-0.3, -0.25) is 14.9 Å². The molecule has 0 saturated carbocycles. The quantitative estimate of drug-likeness (QED) is 0.310. The molecule has 3 aliphatic heterocycles.